The number of allylic oxidation sites excluding steroid dienone is 1. The maximum absolute atomic E-state index is 13.1. The van der Waals surface area contributed by atoms with Gasteiger partial charge >= 0.3 is 0 Å². The number of hydrogen-bond acceptors (Lipinski definition) is 5. The molecule has 27 heavy (non-hydrogen) atoms. The highest BCUT2D eigenvalue weighted by atomic mass is 35.5. The van der Waals surface area contributed by atoms with E-state index in [0.29, 0.717) is 27.9 Å². The van der Waals surface area contributed by atoms with E-state index in [-0.39, 0.29) is 11.7 Å². The number of para-hydroxylation sites is 1. The van der Waals surface area contributed by atoms with Gasteiger partial charge in [0.2, 0.25) is 5.95 Å². The number of anilines is 2. The molecule has 0 saturated heterocycles. The second kappa shape index (κ2) is 6.77. The van der Waals surface area contributed by atoms with Crippen molar-refractivity contribution in [1.29, 1.82) is 0 Å². The van der Waals surface area contributed by atoms with E-state index in [9.17, 15) is 9.90 Å². The smallest absolute Gasteiger partial charge is 0.255 e. The molecular formula is C19H16ClN5O2. The summed E-state index contributed by atoms with van der Waals surface area (Å²) in [7, 11) is 0. The predicted octanol–water partition coefficient (Wildman–Crippen LogP) is 3.56. The summed E-state index contributed by atoms with van der Waals surface area (Å²) < 4.78 is 1.64. The van der Waals surface area contributed by atoms with Gasteiger partial charge in [0.25, 0.3) is 5.91 Å². The number of rotatable bonds is 3. The molecule has 0 saturated carbocycles. The summed E-state index contributed by atoms with van der Waals surface area (Å²) in [6, 6.07) is 13.2. The summed E-state index contributed by atoms with van der Waals surface area (Å²) in [6.07, 6.45) is 1.43. The highest BCUT2D eigenvalue weighted by Gasteiger charge is 2.33. The SMILES string of the molecule is CC1=C(C(=O)Nc2ccccc2Cl)[C@@H](c2ccc(O)cc2)n2ncnc2N1. The largest absolute Gasteiger partial charge is 0.508 e. The van der Waals surface area contributed by atoms with Crippen LogP contribution in [0.25, 0.3) is 0 Å². The average molecular weight is 382 g/mol. The van der Waals surface area contributed by atoms with E-state index in [2.05, 4.69) is 20.7 Å². The number of hydrogen-bond donors (Lipinski definition) is 3. The van der Waals surface area contributed by atoms with Crippen LogP contribution < -0.4 is 10.6 Å². The molecule has 1 aromatic heterocycles. The second-order valence-electron chi connectivity index (χ2n) is 6.12. The van der Waals surface area contributed by atoms with Crippen molar-refractivity contribution in [2.24, 2.45) is 0 Å². The maximum atomic E-state index is 13.1. The first-order valence-corrected chi connectivity index (χ1v) is 8.64. The van der Waals surface area contributed by atoms with Gasteiger partial charge in [0.1, 0.15) is 18.1 Å². The zero-order chi connectivity index (χ0) is 19.0. The van der Waals surface area contributed by atoms with Crippen molar-refractivity contribution < 1.29 is 9.90 Å². The molecule has 136 valence electrons. The number of fused-ring (bicyclic) bond motifs is 1. The molecule has 4 rings (SSSR count). The summed E-state index contributed by atoms with van der Waals surface area (Å²) in [4.78, 5) is 17.3. The molecule has 3 aromatic rings. The lowest BCUT2D eigenvalue weighted by Crippen LogP contribution is -2.31. The van der Waals surface area contributed by atoms with E-state index < -0.39 is 6.04 Å². The van der Waals surface area contributed by atoms with Crippen molar-refractivity contribution in [3.05, 3.63) is 76.7 Å². The molecule has 2 heterocycles. The Labute approximate surface area is 160 Å². The minimum absolute atomic E-state index is 0.147. The van der Waals surface area contributed by atoms with Crippen molar-refractivity contribution in [2.45, 2.75) is 13.0 Å². The van der Waals surface area contributed by atoms with Crippen LogP contribution in [0.3, 0.4) is 0 Å². The van der Waals surface area contributed by atoms with Crippen LogP contribution in [0.1, 0.15) is 18.5 Å². The molecule has 0 bridgehead atoms. The monoisotopic (exact) mass is 381 g/mol. The Hall–Kier alpha value is -3.32. The topological polar surface area (TPSA) is 92.1 Å². The van der Waals surface area contributed by atoms with E-state index in [1.165, 1.54) is 6.33 Å². The highest BCUT2D eigenvalue weighted by molar-refractivity contribution is 6.33. The normalized spacial score (nSPS) is 15.9. The Balaban J connectivity index is 1.77. The third kappa shape index (κ3) is 3.13. The first kappa shape index (κ1) is 17.1. The number of amides is 1. The van der Waals surface area contributed by atoms with Gasteiger partial charge in [-0.05, 0) is 36.8 Å². The Morgan fingerprint density at radius 3 is 2.70 bits per heavy atom. The molecule has 8 heteroatoms. The van der Waals surface area contributed by atoms with Gasteiger partial charge in [0.05, 0.1) is 16.3 Å². The van der Waals surface area contributed by atoms with E-state index >= 15 is 0 Å². The number of nitrogens with zero attached hydrogens (tertiary/aromatic N) is 3. The maximum Gasteiger partial charge on any atom is 0.255 e. The van der Waals surface area contributed by atoms with Gasteiger partial charge in [-0.15, -0.1) is 0 Å². The first-order chi connectivity index (χ1) is 13.0. The molecule has 1 atom stereocenters. The van der Waals surface area contributed by atoms with Crippen molar-refractivity contribution in [1.82, 2.24) is 14.8 Å². The van der Waals surface area contributed by atoms with Gasteiger partial charge in [-0.25, -0.2) is 4.68 Å². The number of carbonyl (C=O) groups is 1. The molecule has 0 aliphatic carbocycles. The van der Waals surface area contributed by atoms with Crippen LogP contribution in [0.2, 0.25) is 5.02 Å². The van der Waals surface area contributed by atoms with E-state index in [1.54, 1.807) is 53.2 Å². The van der Waals surface area contributed by atoms with Crippen molar-refractivity contribution in [2.75, 3.05) is 10.6 Å². The minimum Gasteiger partial charge on any atom is -0.508 e. The fourth-order valence-electron chi connectivity index (χ4n) is 3.10. The van der Waals surface area contributed by atoms with Crippen LogP contribution in [-0.4, -0.2) is 25.8 Å². The summed E-state index contributed by atoms with van der Waals surface area (Å²) in [5.41, 5.74) is 2.47. The van der Waals surface area contributed by atoms with E-state index in [0.717, 1.165) is 5.56 Å². The van der Waals surface area contributed by atoms with Crippen LogP contribution in [-0.2, 0) is 4.79 Å². The van der Waals surface area contributed by atoms with Crippen LogP contribution in [0.5, 0.6) is 5.75 Å². The molecule has 0 fully saturated rings. The molecule has 1 aliphatic heterocycles. The summed E-state index contributed by atoms with van der Waals surface area (Å²) in [5.74, 6) is 0.390. The Kier molecular flexibility index (Phi) is 4.29. The number of phenols is 1. The molecule has 0 unspecified atom stereocenters. The van der Waals surface area contributed by atoms with Gasteiger partial charge in [0.15, 0.2) is 0 Å². The Bertz CT molecular complexity index is 1040. The number of aromatic nitrogens is 3. The van der Waals surface area contributed by atoms with Crippen LogP contribution >= 0.6 is 11.6 Å². The first-order valence-electron chi connectivity index (χ1n) is 8.26. The zero-order valence-electron chi connectivity index (χ0n) is 14.3. The molecule has 3 N–H and O–H groups in total. The van der Waals surface area contributed by atoms with Crippen molar-refractivity contribution in [3.8, 4) is 5.75 Å². The van der Waals surface area contributed by atoms with Gasteiger partial charge < -0.3 is 15.7 Å². The number of phenolic OH excluding ortho intramolecular Hbond substituents is 1. The summed E-state index contributed by atoms with van der Waals surface area (Å²) in [5, 5.41) is 20.3. The quantitative estimate of drug-likeness (QED) is 0.645. The molecule has 0 spiro atoms. The van der Waals surface area contributed by atoms with Crippen LogP contribution in [0, 0.1) is 0 Å². The van der Waals surface area contributed by atoms with Gasteiger partial charge in [-0.3, -0.25) is 4.79 Å². The minimum atomic E-state index is -0.494. The molecule has 1 aliphatic rings. The zero-order valence-corrected chi connectivity index (χ0v) is 15.1. The third-order valence-corrected chi connectivity index (χ3v) is 4.70. The lowest BCUT2D eigenvalue weighted by Gasteiger charge is -2.28. The standard InChI is InChI=1S/C19H16ClN5O2/c1-11-16(18(27)24-15-5-3-2-4-14(15)20)17(12-6-8-13(26)9-7-12)25-19(23-11)21-10-22-25/h2-10,17,26H,1H3,(H,24,27)(H,21,22,23)/t17-/m1/s1. The highest BCUT2D eigenvalue weighted by Crippen LogP contribution is 2.36. The lowest BCUT2D eigenvalue weighted by molar-refractivity contribution is -0.113. The number of aromatic hydroxyl groups is 1. The molecule has 0 radical (unpaired) electrons. The summed E-state index contributed by atoms with van der Waals surface area (Å²) >= 11 is 6.18. The fraction of sp³-hybridized carbons (Fsp3) is 0.105. The second-order valence-corrected chi connectivity index (χ2v) is 6.53. The number of nitrogens with one attached hydrogen (secondary N) is 2. The Morgan fingerprint density at radius 2 is 1.96 bits per heavy atom. The predicted molar refractivity (Wildman–Crippen MR) is 103 cm³/mol. The van der Waals surface area contributed by atoms with Gasteiger partial charge in [-0.2, -0.15) is 10.1 Å². The van der Waals surface area contributed by atoms with Crippen molar-refractivity contribution in [3.63, 3.8) is 0 Å². The fourth-order valence-corrected chi connectivity index (χ4v) is 3.29. The van der Waals surface area contributed by atoms with E-state index in [4.69, 9.17) is 11.6 Å². The van der Waals surface area contributed by atoms with Crippen molar-refractivity contribution >= 4 is 29.1 Å². The summed E-state index contributed by atoms with van der Waals surface area (Å²) in [6.45, 7) is 1.81. The van der Waals surface area contributed by atoms with Crippen LogP contribution in [0.4, 0.5) is 11.6 Å². The molecule has 2 aromatic carbocycles. The van der Waals surface area contributed by atoms with E-state index in [1.807, 2.05) is 6.92 Å². The van der Waals surface area contributed by atoms with Gasteiger partial charge in [0, 0.05) is 5.70 Å². The molecular weight excluding hydrogens is 366 g/mol. The number of halogens is 1. The number of benzene rings is 2. The van der Waals surface area contributed by atoms with Gasteiger partial charge in [-0.1, -0.05) is 35.9 Å². The molecule has 1 amide bonds. The average Bonchev–Trinajstić information content (AvgIpc) is 3.11. The molecule has 7 nitrogen and oxygen atoms in total. The third-order valence-electron chi connectivity index (χ3n) is 4.37. The van der Waals surface area contributed by atoms with Crippen LogP contribution in [0.15, 0.2) is 66.1 Å². The lowest BCUT2D eigenvalue weighted by atomic mass is 9.95. The Morgan fingerprint density at radius 1 is 1.22 bits per heavy atom. The number of carbonyl (C=O) groups excluding carboxylic acids is 1.